The molecule has 0 N–H and O–H groups in total. The lowest BCUT2D eigenvalue weighted by molar-refractivity contribution is 0.263. The Morgan fingerprint density at radius 3 is 1.18 bits per heavy atom. The number of unbranched alkanes of at least 4 members (excludes halogenated alkanes) is 1. The highest BCUT2D eigenvalue weighted by molar-refractivity contribution is 7.10. The monoisotopic (exact) mass is 704 g/mol. The van der Waals surface area contributed by atoms with Crippen LogP contribution in [0.1, 0.15) is 12.8 Å². The number of hydrogen-bond acceptors (Lipinski definition) is 10. The van der Waals surface area contributed by atoms with Crippen molar-refractivity contribution in [3.05, 3.63) is 109 Å². The predicted molar refractivity (Wildman–Crippen MR) is 197 cm³/mol. The molecule has 50 heavy (non-hydrogen) atoms. The summed E-state index contributed by atoms with van der Waals surface area (Å²) in [6, 6.07) is 36.8. The van der Waals surface area contributed by atoms with E-state index in [2.05, 4.69) is 57.3 Å². The average Bonchev–Trinajstić information content (AvgIpc) is 4.08. The number of aromatic nitrogens is 2. The van der Waals surface area contributed by atoms with Crippen LogP contribution in [-0.2, 0) is 9.47 Å². The first-order valence-electron chi connectivity index (χ1n) is 16.8. The zero-order chi connectivity index (χ0) is 33.5. The SMILES string of the molecule is c1cc(-c2cc(-c3ccc(OCC4CO4)cc3)sn2)ccc1OCCCCOc1ccc(-c2cc(-c3ccc(OCC4CO4)cc3)ns2)cc1. The summed E-state index contributed by atoms with van der Waals surface area (Å²) in [5.74, 6) is 3.41. The number of ether oxygens (including phenoxy) is 6. The Morgan fingerprint density at radius 2 is 0.820 bits per heavy atom. The fraction of sp³-hybridized carbons (Fsp3) is 0.250. The van der Waals surface area contributed by atoms with Crippen molar-refractivity contribution in [1.29, 1.82) is 0 Å². The molecule has 8 rings (SSSR count). The maximum Gasteiger partial charge on any atom is 0.119 e. The van der Waals surface area contributed by atoms with Crippen molar-refractivity contribution in [2.45, 2.75) is 25.0 Å². The maximum atomic E-state index is 6.00. The van der Waals surface area contributed by atoms with Gasteiger partial charge in [0.1, 0.15) is 48.4 Å². The predicted octanol–water partition coefficient (Wildman–Crippen LogP) is 9.06. The lowest BCUT2D eigenvalue weighted by Crippen LogP contribution is -2.03. The van der Waals surface area contributed by atoms with Gasteiger partial charge >= 0.3 is 0 Å². The van der Waals surface area contributed by atoms with Crippen molar-refractivity contribution in [2.24, 2.45) is 0 Å². The van der Waals surface area contributed by atoms with Gasteiger partial charge in [-0.05, 0) is 156 Å². The van der Waals surface area contributed by atoms with Crippen LogP contribution in [0.2, 0.25) is 0 Å². The van der Waals surface area contributed by atoms with Crippen molar-refractivity contribution in [3.63, 3.8) is 0 Å². The van der Waals surface area contributed by atoms with E-state index in [1.807, 2.05) is 60.7 Å². The first-order chi connectivity index (χ1) is 24.7. The number of epoxide rings is 2. The molecule has 254 valence electrons. The van der Waals surface area contributed by atoms with Crippen molar-refractivity contribution in [2.75, 3.05) is 39.6 Å². The largest absolute Gasteiger partial charge is 0.494 e. The molecule has 4 heterocycles. The molecular weight excluding hydrogens is 669 g/mol. The molecule has 0 radical (unpaired) electrons. The third-order valence-electron chi connectivity index (χ3n) is 8.35. The highest BCUT2D eigenvalue weighted by Crippen LogP contribution is 2.33. The van der Waals surface area contributed by atoms with Crippen LogP contribution in [0.15, 0.2) is 109 Å². The molecule has 4 aromatic carbocycles. The maximum absolute atomic E-state index is 6.00. The van der Waals surface area contributed by atoms with Gasteiger partial charge in [0.25, 0.3) is 0 Å². The van der Waals surface area contributed by atoms with Crippen LogP contribution >= 0.6 is 23.1 Å². The van der Waals surface area contributed by atoms with E-state index in [4.69, 9.17) is 28.4 Å². The molecule has 6 aromatic rings. The van der Waals surface area contributed by atoms with Crippen LogP contribution in [0.3, 0.4) is 0 Å². The number of nitrogens with zero attached hydrogens (tertiary/aromatic N) is 2. The molecule has 0 bridgehead atoms. The summed E-state index contributed by atoms with van der Waals surface area (Å²) in [5, 5.41) is 0. The Bertz CT molecular complexity index is 1820. The molecule has 2 saturated heterocycles. The van der Waals surface area contributed by atoms with Gasteiger partial charge in [-0.1, -0.05) is 0 Å². The first kappa shape index (κ1) is 32.5. The molecule has 0 aliphatic carbocycles. The molecule has 2 aromatic heterocycles. The molecular formula is C40H36N2O6S2. The molecule has 0 amide bonds. The molecule has 10 heteroatoms. The van der Waals surface area contributed by atoms with E-state index in [0.717, 1.165) is 92.4 Å². The van der Waals surface area contributed by atoms with Crippen molar-refractivity contribution in [1.82, 2.24) is 8.75 Å². The smallest absolute Gasteiger partial charge is 0.119 e. The van der Waals surface area contributed by atoms with Crippen LogP contribution in [-0.4, -0.2) is 60.6 Å². The lowest BCUT2D eigenvalue weighted by Gasteiger charge is -2.08. The standard InChI is InChI=1S/C40H36N2O6S2/c1(19-43-31-11-3-27(4-12-31)37-21-40(50-41-37)30-9-17-34(18-10-30)46-24-36-26-48-36)2-20-44-32-15-7-29(8-16-32)39-22-38(42-49-39)28-5-13-33(14-6-28)45-23-35-25-47-35/h3-18,21-22,35-36H,1-2,19-20,23-26H2. The zero-order valence-corrected chi connectivity index (χ0v) is 29.0. The fourth-order valence-electron chi connectivity index (χ4n) is 5.26. The van der Waals surface area contributed by atoms with E-state index >= 15 is 0 Å². The van der Waals surface area contributed by atoms with Gasteiger partial charge in [0.15, 0.2) is 0 Å². The molecule has 2 atom stereocenters. The zero-order valence-electron chi connectivity index (χ0n) is 27.4. The highest BCUT2D eigenvalue weighted by Gasteiger charge is 2.23. The van der Waals surface area contributed by atoms with Gasteiger partial charge in [0, 0.05) is 11.1 Å². The van der Waals surface area contributed by atoms with Crippen LogP contribution in [0, 0.1) is 0 Å². The van der Waals surface area contributed by atoms with E-state index in [9.17, 15) is 0 Å². The van der Waals surface area contributed by atoms with E-state index in [1.165, 1.54) is 23.1 Å². The third kappa shape index (κ3) is 8.70. The molecule has 2 aliphatic heterocycles. The van der Waals surface area contributed by atoms with Crippen molar-refractivity contribution < 1.29 is 28.4 Å². The minimum absolute atomic E-state index is 0.249. The summed E-state index contributed by atoms with van der Waals surface area (Å²) in [7, 11) is 0. The Labute approximate surface area is 299 Å². The minimum Gasteiger partial charge on any atom is -0.494 e. The second-order valence-corrected chi connectivity index (χ2v) is 13.8. The molecule has 0 saturated carbocycles. The second kappa shape index (κ2) is 15.4. The van der Waals surface area contributed by atoms with E-state index in [1.54, 1.807) is 0 Å². The molecule has 2 fully saturated rings. The molecule has 0 spiro atoms. The number of benzene rings is 4. The fourth-order valence-corrected chi connectivity index (χ4v) is 6.78. The molecule has 2 aliphatic rings. The van der Waals surface area contributed by atoms with Crippen molar-refractivity contribution in [3.8, 4) is 66.4 Å². The van der Waals surface area contributed by atoms with Crippen LogP contribution in [0.4, 0.5) is 0 Å². The Hall–Kier alpha value is -4.74. The van der Waals surface area contributed by atoms with Gasteiger partial charge in [0.05, 0.1) is 47.6 Å². The second-order valence-electron chi connectivity index (χ2n) is 12.2. The summed E-state index contributed by atoms with van der Waals surface area (Å²) in [6.45, 7) is 4.07. The Balaban J connectivity index is 0.741. The Kier molecular flexibility index (Phi) is 10.0. The van der Waals surface area contributed by atoms with Gasteiger partial charge in [-0.25, -0.2) is 0 Å². The number of hydrogen-bond donors (Lipinski definition) is 0. The van der Waals surface area contributed by atoms with Crippen LogP contribution in [0.25, 0.3) is 43.4 Å². The normalized spacial score (nSPS) is 16.2. The van der Waals surface area contributed by atoms with Crippen LogP contribution in [0.5, 0.6) is 23.0 Å². The summed E-state index contributed by atoms with van der Waals surface area (Å²) in [4.78, 5) is 2.24. The van der Waals surface area contributed by atoms with E-state index in [-0.39, 0.29) is 12.2 Å². The van der Waals surface area contributed by atoms with Crippen molar-refractivity contribution >= 4 is 23.1 Å². The first-order valence-corrected chi connectivity index (χ1v) is 18.4. The summed E-state index contributed by atoms with van der Waals surface area (Å²) in [6.07, 6.45) is 2.30. The lowest BCUT2D eigenvalue weighted by atomic mass is 10.1. The molecule has 8 nitrogen and oxygen atoms in total. The minimum atomic E-state index is 0.249. The highest BCUT2D eigenvalue weighted by atomic mass is 32.1. The average molecular weight is 705 g/mol. The van der Waals surface area contributed by atoms with Gasteiger partial charge in [-0.3, -0.25) is 0 Å². The number of rotatable bonds is 17. The van der Waals surface area contributed by atoms with Gasteiger partial charge < -0.3 is 28.4 Å². The quantitative estimate of drug-likeness (QED) is 0.0687. The summed E-state index contributed by atoms with van der Waals surface area (Å²) >= 11 is 2.99. The summed E-state index contributed by atoms with van der Waals surface area (Å²) in [5.41, 5.74) is 6.29. The van der Waals surface area contributed by atoms with E-state index in [0.29, 0.717) is 26.4 Å². The Morgan fingerprint density at radius 1 is 0.480 bits per heavy atom. The third-order valence-corrected chi connectivity index (χ3v) is 10.0. The molecule has 2 unspecified atom stereocenters. The van der Waals surface area contributed by atoms with Gasteiger partial charge in [0.2, 0.25) is 0 Å². The van der Waals surface area contributed by atoms with Crippen LogP contribution < -0.4 is 18.9 Å². The summed E-state index contributed by atoms with van der Waals surface area (Å²) < 4.78 is 43.2. The van der Waals surface area contributed by atoms with Gasteiger partial charge in [-0.2, -0.15) is 8.75 Å². The topological polar surface area (TPSA) is 87.8 Å². The van der Waals surface area contributed by atoms with Gasteiger partial charge in [-0.15, -0.1) is 0 Å². The van der Waals surface area contributed by atoms with E-state index < -0.39 is 0 Å².